The van der Waals surface area contributed by atoms with Gasteiger partial charge in [0.25, 0.3) is 0 Å². The molecule has 4 nitrogen and oxygen atoms in total. The quantitative estimate of drug-likeness (QED) is 0.466. The van der Waals surface area contributed by atoms with Crippen molar-refractivity contribution in [3.8, 4) is 0 Å². The van der Waals surface area contributed by atoms with Crippen LogP contribution in [-0.4, -0.2) is 54.0 Å². The fourth-order valence-corrected chi connectivity index (χ4v) is 0.984. The van der Waals surface area contributed by atoms with Crippen LogP contribution in [0.25, 0.3) is 0 Å². The Morgan fingerprint density at radius 2 is 2.00 bits per heavy atom. The van der Waals surface area contributed by atoms with Crippen LogP contribution in [0.4, 0.5) is 0 Å². The minimum absolute atomic E-state index is 0.103. The van der Waals surface area contributed by atoms with Gasteiger partial charge >= 0.3 is 0 Å². The highest BCUT2D eigenvalue weighted by atomic mass is 16.3. The molecule has 0 fully saturated rings. The lowest BCUT2D eigenvalue weighted by Crippen LogP contribution is -2.38. The summed E-state index contributed by atoms with van der Waals surface area (Å²) in [4.78, 5) is 1.89. The first-order valence-corrected chi connectivity index (χ1v) is 3.79. The standard InChI is InChI=1S/C7H18N2O2/c1-6(8)3-9(2)4-7(11)5-10/h6-7,10-11H,3-5,8H2,1-2H3. The Balaban J connectivity index is 3.43. The zero-order valence-corrected chi connectivity index (χ0v) is 7.20. The molecule has 0 heterocycles. The van der Waals surface area contributed by atoms with Gasteiger partial charge in [0.1, 0.15) is 0 Å². The predicted molar refractivity (Wildman–Crippen MR) is 44.2 cm³/mol. The van der Waals surface area contributed by atoms with Crippen LogP contribution in [0.5, 0.6) is 0 Å². The Morgan fingerprint density at radius 1 is 1.45 bits per heavy atom. The maximum absolute atomic E-state index is 9.01. The van der Waals surface area contributed by atoms with Gasteiger partial charge in [-0.05, 0) is 14.0 Å². The van der Waals surface area contributed by atoms with Crippen LogP contribution in [0.3, 0.4) is 0 Å². The predicted octanol–water partition coefficient (Wildman–Crippen LogP) is -1.38. The van der Waals surface area contributed by atoms with Gasteiger partial charge in [-0.2, -0.15) is 0 Å². The topological polar surface area (TPSA) is 69.7 Å². The summed E-state index contributed by atoms with van der Waals surface area (Å²) in [6, 6.07) is 0.103. The van der Waals surface area contributed by atoms with Gasteiger partial charge in [0.05, 0.1) is 12.7 Å². The Labute approximate surface area is 67.6 Å². The number of likely N-dealkylation sites (N-methyl/N-ethyl adjacent to an activating group) is 1. The molecule has 4 N–H and O–H groups in total. The van der Waals surface area contributed by atoms with E-state index in [0.29, 0.717) is 6.54 Å². The lowest BCUT2D eigenvalue weighted by Gasteiger charge is -2.20. The zero-order valence-electron chi connectivity index (χ0n) is 7.20. The van der Waals surface area contributed by atoms with Crippen molar-refractivity contribution in [2.24, 2.45) is 5.73 Å². The van der Waals surface area contributed by atoms with E-state index in [2.05, 4.69) is 0 Å². The molecule has 0 radical (unpaired) electrons. The van der Waals surface area contributed by atoms with E-state index in [0.717, 1.165) is 6.54 Å². The summed E-state index contributed by atoms with van der Waals surface area (Å²) in [5, 5.41) is 17.5. The van der Waals surface area contributed by atoms with Crippen molar-refractivity contribution in [2.75, 3.05) is 26.7 Å². The van der Waals surface area contributed by atoms with E-state index in [1.54, 1.807) is 0 Å². The van der Waals surface area contributed by atoms with Gasteiger partial charge in [-0.3, -0.25) is 0 Å². The number of aliphatic hydroxyl groups excluding tert-OH is 2. The van der Waals surface area contributed by atoms with Gasteiger partial charge in [0, 0.05) is 19.1 Å². The Kier molecular flexibility index (Phi) is 5.41. The molecule has 11 heavy (non-hydrogen) atoms. The molecule has 0 aliphatic rings. The molecule has 0 aromatic heterocycles. The first-order valence-electron chi connectivity index (χ1n) is 3.79. The fourth-order valence-electron chi connectivity index (χ4n) is 0.984. The molecule has 68 valence electrons. The molecule has 2 unspecified atom stereocenters. The van der Waals surface area contributed by atoms with Crippen LogP contribution in [0.2, 0.25) is 0 Å². The normalized spacial score (nSPS) is 16.9. The van der Waals surface area contributed by atoms with Crippen LogP contribution in [-0.2, 0) is 0 Å². The third kappa shape index (κ3) is 6.25. The van der Waals surface area contributed by atoms with Crippen LogP contribution < -0.4 is 5.73 Å². The van der Waals surface area contributed by atoms with Gasteiger partial charge < -0.3 is 20.8 Å². The second-order valence-corrected chi connectivity index (χ2v) is 3.03. The molecular formula is C7H18N2O2. The summed E-state index contributed by atoms with van der Waals surface area (Å²) in [5.74, 6) is 0. The molecule has 0 rings (SSSR count). The largest absolute Gasteiger partial charge is 0.394 e. The van der Waals surface area contributed by atoms with Crippen molar-refractivity contribution in [3.05, 3.63) is 0 Å². The van der Waals surface area contributed by atoms with Crippen LogP contribution in [0, 0.1) is 0 Å². The van der Waals surface area contributed by atoms with Crippen molar-refractivity contribution < 1.29 is 10.2 Å². The van der Waals surface area contributed by atoms with Crippen LogP contribution in [0.15, 0.2) is 0 Å². The summed E-state index contributed by atoms with van der Waals surface area (Å²) in [6.07, 6.45) is -0.654. The summed E-state index contributed by atoms with van der Waals surface area (Å²) in [6.45, 7) is 2.92. The molecule has 0 amide bonds. The summed E-state index contributed by atoms with van der Waals surface area (Å²) in [5.41, 5.74) is 5.52. The SMILES string of the molecule is CC(N)CN(C)CC(O)CO. The molecular weight excluding hydrogens is 144 g/mol. The Bertz CT molecular complexity index is 98.4. The minimum atomic E-state index is -0.654. The molecule has 0 aromatic carbocycles. The number of aliphatic hydroxyl groups is 2. The van der Waals surface area contributed by atoms with Crippen molar-refractivity contribution >= 4 is 0 Å². The Hall–Kier alpha value is -0.160. The molecule has 4 heteroatoms. The zero-order chi connectivity index (χ0) is 8.85. The lowest BCUT2D eigenvalue weighted by atomic mass is 10.3. The summed E-state index contributed by atoms with van der Waals surface area (Å²) >= 11 is 0. The van der Waals surface area contributed by atoms with E-state index < -0.39 is 6.10 Å². The number of hydrogen-bond acceptors (Lipinski definition) is 4. The van der Waals surface area contributed by atoms with Crippen molar-refractivity contribution in [1.82, 2.24) is 4.90 Å². The molecule has 0 aliphatic carbocycles. The van der Waals surface area contributed by atoms with Gasteiger partial charge in [0.2, 0.25) is 0 Å². The van der Waals surface area contributed by atoms with Crippen LogP contribution >= 0.6 is 0 Å². The second kappa shape index (κ2) is 5.49. The maximum Gasteiger partial charge on any atom is 0.0897 e. The van der Waals surface area contributed by atoms with E-state index in [9.17, 15) is 0 Å². The molecule has 0 saturated carbocycles. The smallest absolute Gasteiger partial charge is 0.0897 e. The van der Waals surface area contributed by atoms with E-state index in [1.165, 1.54) is 0 Å². The molecule has 0 spiro atoms. The van der Waals surface area contributed by atoms with Gasteiger partial charge in [-0.15, -0.1) is 0 Å². The number of nitrogens with two attached hydrogens (primary N) is 1. The number of rotatable bonds is 5. The molecule has 0 aromatic rings. The lowest BCUT2D eigenvalue weighted by molar-refractivity contribution is 0.0656. The molecule has 2 atom stereocenters. The fraction of sp³-hybridized carbons (Fsp3) is 1.00. The monoisotopic (exact) mass is 162 g/mol. The van der Waals surface area contributed by atoms with Gasteiger partial charge in [0.15, 0.2) is 0 Å². The summed E-state index contributed by atoms with van der Waals surface area (Å²) in [7, 11) is 1.86. The minimum Gasteiger partial charge on any atom is -0.394 e. The highest BCUT2D eigenvalue weighted by Gasteiger charge is 2.07. The van der Waals surface area contributed by atoms with Crippen LogP contribution in [0.1, 0.15) is 6.92 Å². The first kappa shape index (κ1) is 10.8. The molecule has 0 bridgehead atoms. The third-order valence-corrected chi connectivity index (χ3v) is 1.33. The first-order chi connectivity index (χ1) is 5.06. The van der Waals surface area contributed by atoms with E-state index in [4.69, 9.17) is 15.9 Å². The summed E-state index contributed by atoms with van der Waals surface area (Å²) < 4.78 is 0. The number of nitrogens with zero attached hydrogens (tertiary/aromatic N) is 1. The van der Waals surface area contributed by atoms with Gasteiger partial charge in [-0.1, -0.05) is 0 Å². The van der Waals surface area contributed by atoms with E-state index in [1.807, 2.05) is 18.9 Å². The highest BCUT2D eigenvalue weighted by molar-refractivity contribution is 4.64. The third-order valence-electron chi connectivity index (χ3n) is 1.33. The van der Waals surface area contributed by atoms with E-state index >= 15 is 0 Å². The molecule has 0 saturated heterocycles. The van der Waals surface area contributed by atoms with Crippen molar-refractivity contribution in [2.45, 2.75) is 19.1 Å². The Morgan fingerprint density at radius 3 is 2.36 bits per heavy atom. The van der Waals surface area contributed by atoms with E-state index in [-0.39, 0.29) is 12.6 Å². The molecule has 0 aliphatic heterocycles. The average Bonchev–Trinajstić information content (AvgIpc) is 1.85. The van der Waals surface area contributed by atoms with Crippen molar-refractivity contribution in [3.63, 3.8) is 0 Å². The average molecular weight is 162 g/mol. The maximum atomic E-state index is 9.01. The van der Waals surface area contributed by atoms with Crippen molar-refractivity contribution in [1.29, 1.82) is 0 Å². The second-order valence-electron chi connectivity index (χ2n) is 3.03. The number of hydrogen-bond donors (Lipinski definition) is 3. The van der Waals surface area contributed by atoms with Gasteiger partial charge in [-0.25, -0.2) is 0 Å². The highest BCUT2D eigenvalue weighted by Crippen LogP contribution is 1.89.